The monoisotopic (exact) mass is 219 g/mol. The lowest BCUT2D eigenvalue weighted by Crippen LogP contribution is -2.13. The van der Waals surface area contributed by atoms with Gasteiger partial charge in [-0.1, -0.05) is 39.0 Å². The predicted octanol–water partition coefficient (Wildman–Crippen LogP) is 3.62. The molecule has 1 amide bonds. The molecule has 0 atom stereocenters. The van der Waals surface area contributed by atoms with Gasteiger partial charge in [-0.2, -0.15) is 0 Å². The standard InChI is InChI=1S/C14H21NO/c1-4-12-7-5-6-8-13(12)15-14(16)10-9-11(2)3/h5-8,11H,4,9-10H2,1-3H3,(H,15,16). The minimum absolute atomic E-state index is 0.120. The average Bonchev–Trinajstić information content (AvgIpc) is 2.27. The minimum atomic E-state index is 0.120. The van der Waals surface area contributed by atoms with Crippen molar-refractivity contribution in [1.29, 1.82) is 0 Å². The Labute approximate surface area is 98.1 Å². The molecule has 0 spiro atoms. The van der Waals surface area contributed by atoms with Crippen LogP contribution in [0.5, 0.6) is 0 Å². The lowest BCUT2D eigenvalue weighted by atomic mass is 10.1. The number of rotatable bonds is 5. The second kappa shape index (κ2) is 6.31. The van der Waals surface area contributed by atoms with E-state index in [2.05, 4.69) is 32.2 Å². The summed E-state index contributed by atoms with van der Waals surface area (Å²) in [7, 11) is 0. The number of hydrogen-bond acceptors (Lipinski definition) is 1. The van der Waals surface area contributed by atoms with Gasteiger partial charge in [-0.05, 0) is 30.4 Å². The molecule has 0 saturated heterocycles. The van der Waals surface area contributed by atoms with Crippen LogP contribution in [0.25, 0.3) is 0 Å². The van der Waals surface area contributed by atoms with Crippen molar-refractivity contribution in [2.75, 3.05) is 5.32 Å². The summed E-state index contributed by atoms with van der Waals surface area (Å²) in [6, 6.07) is 7.98. The molecule has 0 radical (unpaired) electrons. The van der Waals surface area contributed by atoms with Crippen molar-refractivity contribution in [2.45, 2.75) is 40.0 Å². The Kier molecular flexibility index (Phi) is 5.03. The van der Waals surface area contributed by atoms with Crippen LogP contribution in [-0.2, 0) is 11.2 Å². The minimum Gasteiger partial charge on any atom is -0.326 e. The van der Waals surface area contributed by atoms with E-state index in [9.17, 15) is 4.79 Å². The number of amides is 1. The maximum atomic E-state index is 11.7. The molecule has 0 aliphatic carbocycles. The highest BCUT2D eigenvalue weighted by Gasteiger charge is 2.06. The van der Waals surface area contributed by atoms with Crippen LogP contribution >= 0.6 is 0 Å². The molecule has 0 aliphatic heterocycles. The first-order valence-electron chi connectivity index (χ1n) is 6.01. The van der Waals surface area contributed by atoms with E-state index >= 15 is 0 Å². The normalized spacial score (nSPS) is 10.5. The SMILES string of the molecule is CCc1ccccc1NC(=O)CCC(C)C. The van der Waals surface area contributed by atoms with Gasteiger partial charge in [0, 0.05) is 12.1 Å². The molecular weight excluding hydrogens is 198 g/mol. The van der Waals surface area contributed by atoms with Crippen LogP contribution in [0.1, 0.15) is 39.2 Å². The molecule has 0 aromatic heterocycles. The maximum Gasteiger partial charge on any atom is 0.224 e. The fourth-order valence-corrected chi connectivity index (χ4v) is 1.58. The zero-order valence-corrected chi connectivity index (χ0v) is 10.4. The zero-order valence-electron chi connectivity index (χ0n) is 10.4. The van der Waals surface area contributed by atoms with Gasteiger partial charge in [0.05, 0.1) is 0 Å². The molecule has 0 heterocycles. The highest BCUT2D eigenvalue weighted by Crippen LogP contribution is 2.16. The van der Waals surface area contributed by atoms with Gasteiger partial charge in [0.25, 0.3) is 0 Å². The van der Waals surface area contributed by atoms with Gasteiger partial charge in [0.2, 0.25) is 5.91 Å². The first-order valence-corrected chi connectivity index (χ1v) is 6.01. The quantitative estimate of drug-likeness (QED) is 0.805. The van der Waals surface area contributed by atoms with E-state index in [1.54, 1.807) is 0 Å². The highest BCUT2D eigenvalue weighted by molar-refractivity contribution is 5.91. The molecule has 0 fully saturated rings. The average molecular weight is 219 g/mol. The van der Waals surface area contributed by atoms with Gasteiger partial charge >= 0.3 is 0 Å². The highest BCUT2D eigenvalue weighted by atomic mass is 16.1. The molecule has 0 saturated carbocycles. The van der Waals surface area contributed by atoms with Crippen LogP contribution in [0.15, 0.2) is 24.3 Å². The Balaban J connectivity index is 2.55. The van der Waals surface area contributed by atoms with Gasteiger partial charge in [-0.15, -0.1) is 0 Å². The molecule has 0 aliphatic rings. The van der Waals surface area contributed by atoms with Gasteiger partial charge in [-0.3, -0.25) is 4.79 Å². The third-order valence-corrected chi connectivity index (χ3v) is 2.62. The first kappa shape index (κ1) is 12.8. The number of nitrogens with one attached hydrogen (secondary N) is 1. The van der Waals surface area contributed by atoms with Crippen molar-refractivity contribution in [3.63, 3.8) is 0 Å². The molecule has 1 rings (SSSR count). The van der Waals surface area contributed by atoms with E-state index < -0.39 is 0 Å². The summed E-state index contributed by atoms with van der Waals surface area (Å²) in [4.78, 5) is 11.7. The Bertz CT molecular complexity index is 344. The maximum absolute atomic E-state index is 11.7. The van der Waals surface area contributed by atoms with Crippen molar-refractivity contribution in [1.82, 2.24) is 0 Å². The number of para-hydroxylation sites is 1. The van der Waals surface area contributed by atoms with Gasteiger partial charge < -0.3 is 5.32 Å². The number of anilines is 1. The third kappa shape index (κ3) is 4.05. The van der Waals surface area contributed by atoms with E-state index in [0.29, 0.717) is 12.3 Å². The summed E-state index contributed by atoms with van der Waals surface area (Å²) in [5.41, 5.74) is 2.15. The summed E-state index contributed by atoms with van der Waals surface area (Å²) >= 11 is 0. The summed E-state index contributed by atoms with van der Waals surface area (Å²) in [5.74, 6) is 0.696. The van der Waals surface area contributed by atoms with Gasteiger partial charge in [0.1, 0.15) is 0 Å². The lowest BCUT2D eigenvalue weighted by molar-refractivity contribution is -0.116. The second-order valence-electron chi connectivity index (χ2n) is 4.49. The van der Waals surface area contributed by atoms with Crippen molar-refractivity contribution in [3.8, 4) is 0 Å². The molecular formula is C14H21NO. The summed E-state index contributed by atoms with van der Waals surface area (Å²) in [5, 5.41) is 2.98. The van der Waals surface area contributed by atoms with E-state index in [0.717, 1.165) is 18.5 Å². The third-order valence-electron chi connectivity index (χ3n) is 2.62. The van der Waals surface area contributed by atoms with Crippen molar-refractivity contribution in [2.24, 2.45) is 5.92 Å². The van der Waals surface area contributed by atoms with Crippen molar-refractivity contribution in [3.05, 3.63) is 29.8 Å². The fraction of sp³-hybridized carbons (Fsp3) is 0.500. The molecule has 0 bridgehead atoms. The Morgan fingerprint density at radius 1 is 1.31 bits per heavy atom. The largest absolute Gasteiger partial charge is 0.326 e. The van der Waals surface area contributed by atoms with E-state index in [-0.39, 0.29) is 5.91 Å². The first-order chi connectivity index (χ1) is 7.63. The Hall–Kier alpha value is -1.31. The van der Waals surface area contributed by atoms with E-state index in [1.165, 1.54) is 5.56 Å². The number of carbonyl (C=O) groups is 1. The van der Waals surface area contributed by atoms with Crippen LogP contribution < -0.4 is 5.32 Å². The predicted molar refractivity (Wildman–Crippen MR) is 68.5 cm³/mol. The Morgan fingerprint density at radius 3 is 2.62 bits per heavy atom. The summed E-state index contributed by atoms with van der Waals surface area (Å²) < 4.78 is 0. The summed E-state index contributed by atoms with van der Waals surface area (Å²) in [6.45, 7) is 6.36. The molecule has 2 nitrogen and oxygen atoms in total. The van der Waals surface area contributed by atoms with Gasteiger partial charge in [0.15, 0.2) is 0 Å². The Morgan fingerprint density at radius 2 is 2.00 bits per heavy atom. The fourth-order valence-electron chi connectivity index (χ4n) is 1.58. The number of hydrogen-bond donors (Lipinski definition) is 1. The molecule has 16 heavy (non-hydrogen) atoms. The molecule has 1 aromatic rings. The van der Waals surface area contributed by atoms with Crippen molar-refractivity contribution < 1.29 is 4.79 Å². The molecule has 2 heteroatoms. The molecule has 1 aromatic carbocycles. The lowest BCUT2D eigenvalue weighted by Gasteiger charge is -2.10. The summed E-state index contributed by atoms with van der Waals surface area (Å²) in [6.07, 6.45) is 2.50. The number of aryl methyl sites for hydroxylation is 1. The topological polar surface area (TPSA) is 29.1 Å². The molecule has 88 valence electrons. The molecule has 0 unspecified atom stereocenters. The van der Waals surface area contributed by atoms with E-state index in [1.807, 2.05) is 18.2 Å². The number of benzene rings is 1. The van der Waals surface area contributed by atoms with Crippen LogP contribution in [-0.4, -0.2) is 5.91 Å². The zero-order chi connectivity index (χ0) is 12.0. The second-order valence-corrected chi connectivity index (χ2v) is 4.49. The smallest absolute Gasteiger partial charge is 0.224 e. The van der Waals surface area contributed by atoms with Gasteiger partial charge in [-0.25, -0.2) is 0 Å². The molecule has 1 N–H and O–H groups in total. The number of carbonyl (C=O) groups excluding carboxylic acids is 1. The van der Waals surface area contributed by atoms with Crippen LogP contribution in [0.4, 0.5) is 5.69 Å². The van der Waals surface area contributed by atoms with Crippen LogP contribution in [0.3, 0.4) is 0 Å². The van der Waals surface area contributed by atoms with E-state index in [4.69, 9.17) is 0 Å². The van der Waals surface area contributed by atoms with Crippen molar-refractivity contribution >= 4 is 11.6 Å². The van der Waals surface area contributed by atoms with Crippen LogP contribution in [0.2, 0.25) is 0 Å². The van der Waals surface area contributed by atoms with Crippen LogP contribution in [0, 0.1) is 5.92 Å².